The van der Waals surface area contributed by atoms with Crippen LogP contribution in [-0.4, -0.2) is 26.8 Å². The lowest BCUT2D eigenvalue weighted by Crippen LogP contribution is -2.19. The van der Waals surface area contributed by atoms with Crippen molar-refractivity contribution in [2.45, 2.75) is 38.6 Å². The molecule has 0 amide bonds. The third-order valence-corrected chi connectivity index (χ3v) is 4.02. The predicted molar refractivity (Wildman–Crippen MR) is 77.4 cm³/mol. The summed E-state index contributed by atoms with van der Waals surface area (Å²) < 4.78 is 1.79. The fraction of sp³-hybridized carbons (Fsp3) is 0.533. The topological polar surface area (TPSA) is 55.6 Å². The van der Waals surface area contributed by atoms with E-state index in [1.807, 2.05) is 30.3 Å². The minimum atomic E-state index is 0.717. The van der Waals surface area contributed by atoms with Crippen molar-refractivity contribution in [3.63, 3.8) is 0 Å². The van der Waals surface area contributed by atoms with Crippen LogP contribution < -0.4 is 5.32 Å². The van der Waals surface area contributed by atoms with E-state index in [4.69, 9.17) is 0 Å². The molecule has 3 rings (SSSR count). The Morgan fingerprint density at radius 3 is 2.75 bits per heavy atom. The Bertz CT molecular complexity index is 516. The maximum absolute atomic E-state index is 4.10. The van der Waals surface area contributed by atoms with Crippen LogP contribution >= 0.6 is 0 Å². The molecular formula is C15H21N5. The summed E-state index contributed by atoms with van der Waals surface area (Å²) in [5, 5.41) is 15.4. The monoisotopic (exact) mass is 271 g/mol. The number of nitrogens with zero attached hydrogens (tertiary/aromatic N) is 4. The average molecular weight is 271 g/mol. The third-order valence-electron chi connectivity index (χ3n) is 4.02. The van der Waals surface area contributed by atoms with Gasteiger partial charge in [0.15, 0.2) is 5.82 Å². The molecule has 20 heavy (non-hydrogen) atoms. The molecule has 0 saturated heterocycles. The number of tetrazole rings is 1. The van der Waals surface area contributed by atoms with Crippen molar-refractivity contribution in [1.29, 1.82) is 0 Å². The molecule has 0 radical (unpaired) electrons. The van der Waals surface area contributed by atoms with E-state index in [1.54, 1.807) is 4.68 Å². The molecular weight excluding hydrogens is 250 g/mol. The van der Waals surface area contributed by atoms with Gasteiger partial charge < -0.3 is 5.32 Å². The molecule has 5 nitrogen and oxygen atoms in total. The summed E-state index contributed by atoms with van der Waals surface area (Å²) in [4.78, 5) is 0. The van der Waals surface area contributed by atoms with Crippen LogP contribution in [0.1, 0.15) is 37.9 Å². The van der Waals surface area contributed by atoms with E-state index in [1.165, 1.54) is 32.1 Å². The predicted octanol–water partition coefficient (Wildman–Crippen LogP) is 2.33. The van der Waals surface area contributed by atoms with Crippen molar-refractivity contribution >= 4 is 0 Å². The molecule has 5 heteroatoms. The first-order valence-electron chi connectivity index (χ1n) is 7.47. The molecule has 0 bridgehead atoms. The summed E-state index contributed by atoms with van der Waals surface area (Å²) in [6, 6.07) is 10.0. The van der Waals surface area contributed by atoms with Crippen LogP contribution in [0.5, 0.6) is 0 Å². The minimum Gasteiger partial charge on any atom is -0.310 e. The van der Waals surface area contributed by atoms with Gasteiger partial charge in [0.1, 0.15) is 0 Å². The zero-order valence-electron chi connectivity index (χ0n) is 11.7. The van der Waals surface area contributed by atoms with Crippen molar-refractivity contribution in [2.75, 3.05) is 6.54 Å². The van der Waals surface area contributed by atoms with E-state index in [-0.39, 0.29) is 0 Å². The van der Waals surface area contributed by atoms with Crippen LogP contribution in [0.4, 0.5) is 0 Å². The number of para-hydroxylation sites is 1. The Hall–Kier alpha value is -1.75. The summed E-state index contributed by atoms with van der Waals surface area (Å²) in [6.45, 7) is 1.76. The molecule has 1 aliphatic rings. The van der Waals surface area contributed by atoms with E-state index >= 15 is 0 Å². The molecule has 0 aliphatic heterocycles. The van der Waals surface area contributed by atoms with E-state index < -0.39 is 0 Å². The maximum Gasteiger partial charge on any atom is 0.170 e. The van der Waals surface area contributed by atoms with Gasteiger partial charge in [-0.3, -0.25) is 0 Å². The van der Waals surface area contributed by atoms with Crippen LogP contribution in [0, 0.1) is 5.92 Å². The second-order valence-corrected chi connectivity index (χ2v) is 5.46. The van der Waals surface area contributed by atoms with Crippen molar-refractivity contribution in [1.82, 2.24) is 25.5 Å². The van der Waals surface area contributed by atoms with Gasteiger partial charge in [-0.2, -0.15) is 4.68 Å². The molecule has 1 N–H and O–H groups in total. The highest BCUT2D eigenvalue weighted by molar-refractivity contribution is 5.30. The Morgan fingerprint density at radius 1 is 1.15 bits per heavy atom. The van der Waals surface area contributed by atoms with Crippen LogP contribution in [-0.2, 0) is 6.54 Å². The number of rotatable bonds is 6. The Balaban J connectivity index is 1.52. The Labute approximate surface area is 119 Å². The molecule has 0 spiro atoms. The van der Waals surface area contributed by atoms with Crippen LogP contribution in [0.15, 0.2) is 30.3 Å². The normalized spacial score (nSPS) is 15.8. The standard InChI is InChI=1S/C15H21N5/c1-2-8-14(9-3-1)20-15(17-18-19-20)12-16-11-10-13-6-4-5-7-13/h1-3,8-9,13,16H,4-7,10-12H2. The smallest absolute Gasteiger partial charge is 0.170 e. The molecule has 2 aromatic rings. The van der Waals surface area contributed by atoms with E-state index in [9.17, 15) is 0 Å². The van der Waals surface area contributed by atoms with Crippen LogP contribution in [0.25, 0.3) is 5.69 Å². The summed E-state index contributed by atoms with van der Waals surface area (Å²) in [5.41, 5.74) is 1.00. The second kappa shape index (κ2) is 6.61. The van der Waals surface area contributed by atoms with Gasteiger partial charge in [-0.25, -0.2) is 0 Å². The fourth-order valence-electron chi connectivity index (χ4n) is 2.89. The molecule has 0 unspecified atom stereocenters. The van der Waals surface area contributed by atoms with Crippen molar-refractivity contribution in [3.8, 4) is 5.69 Å². The largest absolute Gasteiger partial charge is 0.310 e. The first-order chi connectivity index (χ1) is 9.93. The van der Waals surface area contributed by atoms with Gasteiger partial charge in [0, 0.05) is 0 Å². The minimum absolute atomic E-state index is 0.717. The van der Waals surface area contributed by atoms with Gasteiger partial charge in [0.25, 0.3) is 0 Å². The quantitative estimate of drug-likeness (QED) is 0.819. The highest BCUT2D eigenvalue weighted by Gasteiger charge is 2.14. The summed E-state index contributed by atoms with van der Waals surface area (Å²) in [6.07, 6.45) is 6.91. The molecule has 106 valence electrons. The van der Waals surface area contributed by atoms with Crippen molar-refractivity contribution in [2.24, 2.45) is 5.92 Å². The van der Waals surface area contributed by atoms with Gasteiger partial charge in [-0.1, -0.05) is 43.9 Å². The molecule has 0 atom stereocenters. The van der Waals surface area contributed by atoms with E-state index in [2.05, 4.69) is 20.8 Å². The highest BCUT2D eigenvalue weighted by atomic mass is 15.5. The van der Waals surface area contributed by atoms with Gasteiger partial charge in [-0.15, -0.1) is 5.10 Å². The zero-order chi connectivity index (χ0) is 13.6. The van der Waals surface area contributed by atoms with Crippen LogP contribution in [0.2, 0.25) is 0 Å². The molecule has 1 heterocycles. The lowest BCUT2D eigenvalue weighted by molar-refractivity contribution is 0.473. The summed E-state index contributed by atoms with van der Waals surface area (Å²) in [5.74, 6) is 1.79. The molecule has 1 saturated carbocycles. The van der Waals surface area contributed by atoms with E-state index in [0.29, 0.717) is 6.54 Å². The summed E-state index contributed by atoms with van der Waals surface area (Å²) >= 11 is 0. The van der Waals surface area contributed by atoms with Crippen molar-refractivity contribution in [3.05, 3.63) is 36.2 Å². The van der Waals surface area contributed by atoms with Gasteiger partial charge in [0.05, 0.1) is 12.2 Å². The van der Waals surface area contributed by atoms with Gasteiger partial charge in [-0.05, 0) is 41.4 Å². The molecule has 1 aromatic heterocycles. The highest BCUT2D eigenvalue weighted by Crippen LogP contribution is 2.26. The lowest BCUT2D eigenvalue weighted by atomic mass is 10.0. The Kier molecular flexibility index (Phi) is 4.38. The Morgan fingerprint density at radius 2 is 1.95 bits per heavy atom. The van der Waals surface area contributed by atoms with Gasteiger partial charge in [0.2, 0.25) is 0 Å². The molecule has 1 aromatic carbocycles. The van der Waals surface area contributed by atoms with Crippen LogP contribution in [0.3, 0.4) is 0 Å². The van der Waals surface area contributed by atoms with Crippen molar-refractivity contribution < 1.29 is 0 Å². The third kappa shape index (κ3) is 3.22. The SMILES string of the molecule is c1ccc(-n2nnnc2CNCCC2CCCC2)cc1. The number of hydrogen-bond acceptors (Lipinski definition) is 4. The maximum atomic E-state index is 4.10. The fourth-order valence-corrected chi connectivity index (χ4v) is 2.89. The molecule has 1 fully saturated rings. The lowest BCUT2D eigenvalue weighted by Gasteiger charge is -2.09. The number of benzene rings is 1. The van der Waals surface area contributed by atoms with E-state index in [0.717, 1.165) is 24.0 Å². The number of hydrogen-bond donors (Lipinski definition) is 1. The van der Waals surface area contributed by atoms with Gasteiger partial charge >= 0.3 is 0 Å². The first kappa shape index (κ1) is 13.2. The molecule has 1 aliphatic carbocycles. The zero-order valence-corrected chi connectivity index (χ0v) is 11.7. The summed E-state index contributed by atoms with van der Waals surface area (Å²) in [7, 11) is 0. The first-order valence-corrected chi connectivity index (χ1v) is 7.47. The second-order valence-electron chi connectivity index (χ2n) is 5.46. The average Bonchev–Trinajstić information content (AvgIpc) is 3.16. The number of nitrogens with one attached hydrogen (secondary N) is 1. The number of aromatic nitrogens is 4.